The van der Waals surface area contributed by atoms with Crippen molar-refractivity contribution in [3.05, 3.63) is 55.9 Å². The first-order valence-electron chi connectivity index (χ1n) is 6.25. The van der Waals surface area contributed by atoms with Crippen LogP contribution in [0.15, 0.2) is 38.9 Å². The van der Waals surface area contributed by atoms with Crippen molar-refractivity contribution in [3.8, 4) is 5.75 Å². The normalized spacial score (nSPS) is 11.0. The van der Waals surface area contributed by atoms with Crippen molar-refractivity contribution in [1.29, 1.82) is 0 Å². The third-order valence-electron chi connectivity index (χ3n) is 2.98. The van der Waals surface area contributed by atoms with Crippen LogP contribution in [-0.2, 0) is 13.2 Å². The second kappa shape index (κ2) is 5.97. The summed E-state index contributed by atoms with van der Waals surface area (Å²) < 4.78 is 7.24. The molecular weight excluding hydrogens is 354 g/mol. The minimum atomic E-state index is -0.132. The second-order valence-electron chi connectivity index (χ2n) is 4.39. The van der Waals surface area contributed by atoms with E-state index in [0.29, 0.717) is 28.3 Å². The molecule has 7 heteroatoms. The first-order valence-corrected chi connectivity index (χ1v) is 7.92. The van der Waals surface area contributed by atoms with Crippen molar-refractivity contribution < 1.29 is 4.74 Å². The fraction of sp³-hybridized carbons (Fsp3) is 0.143. The number of hydrogen-bond donors (Lipinski definition) is 2. The molecule has 0 spiro atoms. The van der Waals surface area contributed by atoms with E-state index in [4.69, 9.17) is 10.5 Å². The number of thiophene rings is 1. The second-order valence-corrected chi connectivity index (χ2v) is 6.16. The molecular formula is C14H12BrN3O2S. The molecule has 0 saturated carbocycles. The van der Waals surface area contributed by atoms with Crippen LogP contribution < -0.4 is 16.0 Å². The quantitative estimate of drug-likeness (QED) is 0.744. The molecule has 21 heavy (non-hydrogen) atoms. The largest absolute Gasteiger partial charge is 0.486 e. The molecule has 3 rings (SSSR count). The number of ether oxygens (including phenoxy) is 1. The van der Waals surface area contributed by atoms with Crippen LogP contribution in [0.3, 0.4) is 0 Å². The predicted molar refractivity (Wildman–Crippen MR) is 86.6 cm³/mol. The highest BCUT2D eigenvalue weighted by molar-refractivity contribution is 9.10. The number of hydrogen-bond acceptors (Lipinski definition) is 5. The smallest absolute Gasteiger partial charge is 0.268 e. The Kier molecular flexibility index (Phi) is 4.05. The molecule has 0 fully saturated rings. The van der Waals surface area contributed by atoms with Crippen LogP contribution in [-0.4, -0.2) is 9.97 Å². The lowest BCUT2D eigenvalue weighted by atomic mass is 10.2. The van der Waals surface area contributed by atoms with Gasteiger partial charge in [0.2, 0.25) is 0 Å². The van der Waals surface area contributed by atoms with E-state index in [1.54, 1.807) is 0 Å². The van der Waals surface area contributed by atoms with Gasteiger partial charge in [-0.2, -0.15) is 0 Å². The number of nitrogens with two attached hydrogens (primary N) is 1. The molecule has 0 aliphatic carbocycles. The summed E-state index contributed by atoms with van der Waals surface area (Å²) in [5.74, 6) is 1.19. The van der Waals surface area contributed by atoms with Gasteiger partial charge in [-0.25, -0.2) is 4.98 Å². The zero-order chi connectivity index (χ0) is 14.8. The molecule has 0 aliphatic rings. The van der Waals surface area contributed by atoms with Gasteiger partial charge in [0, 0.05) is 11.0 Å². The van der Waals surface area contributed by atoms with E-state index in [1.807, 2.05) is 29.6 Å². The molecule has 0 unspecified atom stereocenters. The van der Waals surface area contributed by atoms with Crippen molar-refractivity contribution >= 4 is 37.5 Å². The zero-order valence-electron chi connectivity index (χ0n) is 10.9. The van der Waals surface area contributed by atoms with Crippen LogP contribution >= 0.6 is 27.3 Å². The molecule has 0 aliphatic heterocycles. The predicted octanol–water partition coefficient (Wildman–Crippen LogP) is 2.78. The highest BCUT2D eigenvalue weighted by atomic mass is 79.9. The van der Waals surface area contributed by atoms with E-state index in [-0.39, 0.29) is 12.2 Å². The first-order chi connectivity index (χ1) is 10.2. The lowest BCUT2D eigenvalue weighted by Gasteiger charge is -2.08. The Balaban J connectivity index is 1.81. The van der Waals surface area contributed by atoms with Crippen LogP contribution in [0.25, 0.3) is 10.2 Å². The molecule has 0 amide bonds. The molecule has 3 aromatic rings. The summed E-state index contributed by atoms with van der Waals surface area (Å²) in [5.41, 5.74) is 7.18. The van der Waals surface area contributed by atoms with Crippen molar-refractivity contribution in [2.75, 3.05) is 0 Å². The lowest BCUT2D eigenvalue weighted by molar-refractivity contribution is 0.295. The average molecular weight is 366 g/mol. The molecule has 2 aromatic heterocycles. The number of aromatic nitrogens is 2. The van der Waals surface area contributed by atoms with Gasteiger partial charge in [-0.3, -0.25) is 4.79 Å². The third kappa shape index (κ3) is 2.99. The standard InChI is InChI=1S/C14H12BrN3O2S/c15-10-2-1-9(5-8(10)6-16)20-7-12-17-11-3-4-21-13(11)14(19)18-12/h1-5H,6-7,16H2,(H,17,18,19). The number of H-pyrrole nitrogens is 1. The zero-order valence-corrected chi connectivity index (χ0v) is 13.3. The van der Waals surface area contributed by atoms with Gasteiger partial charge in [0.1, 0.15) is 22.9 Å². The van der Waals surface area contributed by atoms with Crippen LogP contribution in [0, 0.1) is 0 Å². The Bertz CT molecular complexity index is 844. The van der Waals surface area contributed by atoms with Crippen molar-refractivity contribution in [1.82, 2.24) is 9.97 Å². The van der Waals surface area contributed by atoms with Crippen molar-refractivity contribution in [3.63, 3.8) is 0 Å². The number of nitrogens with one attached hydrogen (secondary N) is 1. The summed E-state index contributed by atoms with van der Waals surface area (Å²) in [4.78, 5) is 19.0. The third-order valence-corrected chi connectivity index (χ3v) is 4.65. The highest BCUT2D eigenvalue weighted by Gasteiger charge is 2.06. The van der Waals surface area contributed by atoms with Gasteiger partial charge in [-0.1, -0.05) is 15.9 Å². The fourth-order valence-corrected chi connectivity index (χ4v) is 3.07. The lowest BCUT2D eigenvalue weighted by Crippen LogP contribution is -2.12. The number of fused-ring (bicyclic) bond motifs is 1. The molecule has 0 radical (unpaired) electrons. The maximum absolute atomic E-state index is 11.9. The summed E-state index contributed by atoms with van der Waals surface area (Å²) in [5, 5.41) is 1.85. The number of rotatable bonds is 4. The Labute approximate surface area is 132 Å². The maximum Gasteiger partial charge on any atom is 0.268 e. The number of benzene rings is 1. The summed E-state index contributed by atoms with van der Waals surface area (Å²) in [6, 6.07) is 7.41. The summed E-state index contributed by atoms with van der Waals surface area (Å²) >= 11 is 4.80. The van der Waals surface area contributed by atoms with Crippen molar-refractivity contribution in [2.45, 2.75) is 13.2 Å². The molecule has 3 N–H and O–H groups in total. The van der Waals surface area contributed by atoms with Gasteiger partial charge in [0.15, 0.2) is 0 Å². The summed E-state index contributed by atoms with van der Waals surface area (Å²) in [6.45, 7) is 0.625. The minimum Gasteiger partial charge on any atom is -0.486 e. The molecule has 2 heterocycles. The Hall–Kier alpha value is -1.70. The van der Waals surface area contributed by atoms with Gasteiger partial charge in [0.25, 0.3) is 5.56 Å². The Morgan fingerprint density at radius 3 is 3.05 bits per heavy atom. The Morgan fingerprint density at radius 2 is 2.24 bits per heavy atom. The maximum atomic E-state index is 11.9. The van der Waals surface area contributed by atoms with Crippen LogP contribution in [0.2, 0.25) is 0 Å². The summed E-state index contributed by atoms with van der Waals surface area (Å²) in [7, 11) is 0. The summed E-state index contributed by atoms with van der Waals surface area (Å²) in [6.07, 6.45) is 0. The molecule has 0 saturated heterocycles. The SMILES string of the molecule is NCc1cc(OCc2nc3ccsc3c(=O)[nH]2)ccc1Br. The molecule has 108 valence electrons. The fourth-order valence-electron chi connectivity index (χ4n) is 1.94. The van der Waals surface area contributed by atoms with E-state index in [9.17, 15) is 4.79 Å². The first kappa shape index (κ1) is 14.2. The van der Waals surface area contributed by atoms with E-state index >= 15 is 0 Å². The number of aromatic amines is 1. The van der Waals surface area contributed by atoms with E-state index < -0.39 is 0 Å². The average Bonchev–Trinajstić information content (AvgIpc) is 2.95. The van der Waals surface area contributed by atoms with Crippen LogP contribution in [0.1, 0.15) is 11.4 Å². The highest BCUT2D eigenvalue weighted by Crippen LogP contribution is 2.22. The Morgan fingerprint density at radius 1 is 1.38 bits per heavy atom. The van der Waals surface area contributed by atoms with E-state index in [1.165, 1.54) is 11.3 Å². The number of nitrogens with zero attached hydrogens (tertiary/aromatic N) is 1. The molecule has 1 aromatic carbocycles. The van der Waals surface area contributed by atoms with Gasteiger partial charge in [-0.15, -0.1) is 11.3 Å². The van der Waals surface area contributed by atoms with Gasteiger partial charge >= 0.3 is 0 Å². The minimum absolute atomic E-state index is 0.132. The van der Waals surface area contributed by atoms with Gasteiger partial charge < -0.3 is 15.5 Å². The topological polar surface area (TPSA) is 81.0 Å². The van der Waals surface area contributed by atoms with Gasteiger partial charge in [-0.05, 0) is 35.2 Å². The van der Waals surface area contributed by atoms with Crippen molar-refractivity contribution in [2.24, 2.45) is 5.73 Å². The molecule has 5 nitrogen and oxygen atoms in total. The number of halogens is 1. The van der Waals surface area contributed by atoms with Crippen LogP contribution in [0.5, 0.6) is 5.75 Å². The molecule has 0 bridgehead atoms. The van der Waals surface area contributed by atoms with E-state index in [2.05, 4.69) is 25.9 Å². The van der Waals surface area contributed by atoms with Gasteiger partial charge in [0.05, 0.1) is 5.52 Å². The molecule has 0 atom stereocenters. The monoisotopic (exact) mass is 365 g/mol. The van der Waals surface area contributed by atoms with E-state index in [0.717, 1.165) is 10.0 Å². The van der Waals surface area contributed by atoms with Crippen LogP contribution in [0.4, 0.5) is 0 Å².